The standard InChI is InChI=1S/C19H26FNO5/c1-21(19(18(23)24)8-4-3-5-9-19)17(22)14-6-7-16(20)15(12-14)13-26-11-10-25-2/h6-7,12H,3-5,8-11,13H2,1-2H3,(H,23,24). The summed E-state index contributed by atoms with van der Waals surface area (Å²) in [5.41, 5.74) is -0.683. The number of ether oxygens (including phenoxy) is 2. The molecule has 6 nitrogen and oxygen atoms in total. The van der Waals surface area contributed by atoms with E-state index in [1.54, 1.807) is 7.11 Å². The molecule has 1 aliphatic rings. The maximum absolute atomic E-state index is 14.0. The number of hydrogen-bond donors (Lipinski definition) is 1. The van der Waals surface area contributed by atoms with Crippen LogP contribution in [0.3, 0.4) is 0 Å². The molecule has 1 N–H and O–H groups in total. The van der Waals surface area contributed by atoms with Gasteiger partial charge in [-0.15, -0.1) is 0 Å². The Morgan fingerprint density at radius 1 is 1.23 bits per heavy atom. The zero-order valence-corrected chi connectivity index (χ0v) is 15.3. The minimum atomic E-state index is -1.20. The maximum atomic E-state index is 14.0. The number of carbonyl (C=O) groups is 2. The van der Waals surface area contributed by atoms with Crippen LogP contribution in [-0.2, 0) is 20.9 Å². The molecule has 1 aromatic carbocycles. The van der Waals surface area contributed by atoms with Crippen molar-refractivity contribution in [3.63, 3.8) is 0 Å². The number of hydrogen-bond acceptors (Lipinski definition) is 4. The molecule has 0 unspecified atom stereocenters. The number of methoxy groups -OCH3 is 1. The molecule has 1 aliphatic carbocycles. The van der Waals surface area contributed by atoms with Gasteiger partial charge in [-0.3, -0.25) is 4.79 Å². The van der Waals surface area contributed by atoms with Crippen molar-refractivity contribution in [2.24, 2.45) is 0 Å². The van der Waals surface area contributed by atoms with Crippen molar-refractivity contribution in [1.29, 1.82) is 0 Å². The number of carboxylic acid groups (broad SMARTS) is 1. The quantitative estimate of drug-likeness (QED) is 0.715. The van der Waals surface area contributed by atoms with Crippen LogP contribution in [0.2, 0.25) is 0 Å². The summed E-state index contributed by atoms with van der Waals surface area (Å²) in [7, 11) is 3.06. The van der Waals surface area contributed by atoms with Crippen LogP contribution < -0.4 is 0 Å². The summed E-state index contributed by atoms with van der Waals surface area (Å²) in [5.74, 6) is -1.88. The molecule has 1 aromatic rings. The highest BCUT2D eigenvalue weighted by Crippen LogP contribution is 2.34. The summed E-state index contributed by atoms with van der Waals surface area (Å²) in [4.78, 5) is 26.1. The lowest BCUT2D eigenvalue weighted by molar-refractivity contribution is -0.151. The summed E-state index contributed by atoms with van der Waals surface area (Å²) >= 11 is 0. The Labute approximate surface area is 152 Å². The summed E-state index contributed by atoms with van der Waals surface area (Å²) in [6.45, 7) is 0.727. The summed E-state index contributed by atoms with van der Waals surface area (Å²) in [6.07, 6.45) is 3.37. The van der Waals surface area contributed by atoms with Gasteiger partial charge in [-0.05, 0) is 31.0 Å². The third kappa shape index (κ3) is 4.40. The van der Waals surface area contributed by atoms with Crippen LogP contribution in [0.5, 0.6) is 0 Å². The topological polar surface area (TPSA) is 76.1 Å². The zero-order valence-electron chi connectivity index (χ0n) is 15.3. The second kappa shape index (κ2) is 9.09. The Balaban J connectivity index is 2.18. The molecular formula is C19H26FNO5. The lowest BCUT2D eigenvalue weighted by Crippen LogP contribution is -2.56. The predicted octanol–water partition coefficient (Wildman–Crippen LogP) is 2.85. The van der Waals surface area contributed by atoms with Crippen molar-refractivity contribution in [3.8, 4) is 0 Å². The number of benzene rings is 1. The Morgan fingerprint density at radius 2 is 1.92 bits per heavy atom. The van der Waals surface area contributed by atoms with Gasteiger partial charge in [0.2, 0.25) is 0 Å². The van der Waals surface area contributed by atoms with Gasteiger partial charge in [-0.1, -0.05) is 19.3 Å². The fourth-order valence-electron chi connectivity index (χ4n) is 3.36. The zero-order chi connectivity index (χ0) is 19.2. The third-order valence-corrected chi connectivity index (χ3v) is 5.01. The molecule has 144 valence electrons. The summed E-state index contributed by atoms with van der Waals surface area (Å²) in [5, 5.41) is 9.73. The van der Waals surface area contributed by atoms with Gasteiger partial charge in [0, 0.05) is 25.3 Å². The van der Waals surface area contributed by atoms with E-state index in [1.807, 2.05) is 0 Å². The monoisotopic (exact) mass is 367 g/mol. The maximum Gasteiger partial charge on any atom is 0.329 e. The Hall–Kier alpha value is -1.99. The molecule has 2 rings (SSSR count). The van der Waals surface area contributed by atoms with E-state index in [4.69, 9.17) is 9.47 Å². The minimum Gasteiger partial charge on any atom is -0.479 e. The highest BCUT2D eigenvalue weighted by atomic mass is 19.1. The van der Waals surface area contributed by atoms with Crippen LogP contribution in [0.4, 0.5) is 4.39 Å². The fraction of sp³-hybridized carbons (Fsp3) is 0.579. The highest BCUT2D eigenvalue weighted by Gasteiger charge is 2.45. The fourth-order valence-corrected chi connectivity index (χ4v) is 3.36. The van der Waals surface area contributed by atoms with E-state index < -0.39 is 23.2 Å². The number of carbonyl (C=O) groups excluding carboxylic acids is 1. The van der Waals surface area contributed by atoms with Crippen LogP contribution in [-0.4, -0.2) is 54.8 Å². The first-order valence-corrected chi connectivity index (χ1v) is 8.79. The molecule has 0 aliphatic heterocycles. The molecule has 0 heterocycles. The average molecular weight is 367 g/mol. The molecular weight excluding hydrogens is 341 g/mol. The first-order valence-electron chi connectivity index (χ1n) is 8.79. The Bertz CT molecular complexity index is 643. The number of carboxylic acids is 1. The number of rotatable bonds is 8. The second-order valence-corrected chi connectivity index (χ2v) is 6.61. The molecule has 1 fully saturated rings. The molecule has 0 radical (unpaired) electrons. The molecule has 26 heavy (non-hydrogen) atoms. The van der Waals surface area contributed by atoms with Crippen LogP contribution in [0, 0.1) is 5.82 Å². The Morgan fingerprint density at radius 3 is 2.54 bits per heavy atom. The van der Waals surface area contributed by atoms with Crippen molar-refractivity contribution in [2.75, 3.05) is 27.4 Å². The molecule has 0 bridgehead atoms. The molecule has 7 heteroatoms. The number of amides is 1. The molecule has 0 saturated heterocycles. The minimum absolute atomic E-state index is 0.0180. The predicted molar refractivity (Wildman–Crippen MR) is 93.5 cm³/mol. The van der Waals surface area contributed by atoms with Gasteiger partial charge in [0.05, 0.1) is 19.8 Å². The molecule has 1 amide bonds. The van der Waals surface area contributed by atoms with E-state index in [0.717, 1.165) is 19.3 Å². The second-order valence-electron chi connectivity index (χ2n) is 6.61. The molecule has 0 spiro atoms. The van der Waals surface area contributed by atoms with Crippen LogP contribution >= 0.6 is 0 Å². The van der Waals surface area contributed by atoms with Crippen molar-refractivity contribution < 1.29 is 28.6 Å². The van der Waals surface area contributed by atoms with Crippen LogP contribution in [0.1, 0.15) is 48.0 Å². The molecule has 0 atom stereocenters. The van der Waals surface area contributed by atoms with Gasteiger partial charge in [0.15, 0.2) is 0 Å². The highest BCUT2D eigenvalue weighted by molar-refractivity contribution is 5.98. The van der Waals surface area contributed by atoms with Crippen molar-refractivity contribution >= 4 is 11.9 Å². The first-order chi connectivity index (χ1) is 12.4. The van der Waals surface area contributed by atoms with E-state index >= 15 is 0 Å². The number of nitrogens with zero attached hydrogens (tertiary/aromatic N) is 1. The first kappa shape index (κ1) is 20.3. The average Bonchev–Trinajstić information content (AvgIpc) is 2.65. The number of aliphatic carboxylic acids is 1. The third-order valence-electron chi connectivity index (χ3n) is 5.01. The Kier molecular flexibility index (Phi) is 7.11. The van der Waals surface area contributed by atoms with Gasteiger partial charge >= 0.3 is 5.97 Å². The lowest BCUT2D eigenvalue weighted by atomic mass is 9.80. The van der Waals surface area contributed by atoms with Crippen LogP contribution in [0.15, 0.2) is 18.2 Å². The number of likely N-dealkylation sites (N-methyl/N-ethyl adjacent to an activating group) is 1. The smallest absolute Gasteiger partial charge is 0.329 e. The van der Waals surface area contributed by atoms with E-state index in [9.17, 15) is 19.1 Å². The van der Waals surface area contributed by atoms with Crippen molar-refractivity contribution in [2.45, 2.75) is 44.2 Å². The van der Waals surface area contributed by atoms with E-state index in [2.05, 4.69) is 0 Å². The summed E-state index contributed by atoms with van der Waals surface area (Å²) in [6, 6.07) is 4.02. The summed E-state index contributed by atoms with van der Waals surface area (Å²) < 4.78 is 24.2. The normalized spacial score (nSPS) is 16.3. The van der Waals surface area contributed by atoms with Crippen molar-refractivity contribution in [3.05, 3.63) is 35.1 Å². The van der Waals surface area contributed by atoms with Crippen LogP contribution in [0.25, 0.3) is 0 Å². The van der Waals surface area contributed by atoms with Gasteiger partial charge in [-0.25, -0.2) is 9.18 Å². The molecule has 1 saturated carbocycles. The SMILES string of the molecule is COCCOCc1cc(C(=O)N(C)C2(C(=O)O)CCCCC2)ccc1F. The van der Waals surface area contributed by atoms with Crippen molar-refractivity contribution in [1.82, 2.24) is 4.90 Å². The molecule has 0 aromatic heterocycles. The van der Waals surface area contributed by atoms with E-state index in [1.165, 1.54) is 30.1 Å². The lowest BCUT2D eigenvalue weighted by Gasteiger charge is -2.41. The van der Waals surface area contributed by atoms with E-state index in [0.29, 0.717) is 26.1 Å². The largest absolute Gasteiger partial charge is 0.479 e. The van der Waals surface area contributed by atoms with Gasteiger partial charge in [0.25, 0.3) is 5.91 Å². The van der Waals surface area contributed by atoms with Gasteiger partial charge in [-0.2, -0.15) is 0 Å². The van der Waals surface area contributed by atoms with E-state index in [-0.39, 0.29) is 17.7 Å². The van der Waals surface area contributed by atoms with Gasteiger partial charge in [0.1, 0.15) is 11.4 Å². The number of halogens is 1. The van der Waals surface area contributed by atoms with Gasteiger partial charge < -0.3 is 19.5 Å².